The molecule has 0 unspecified atom stereocenters. The van der Waals surface area contributed by atoms with E-state index in [0.29, 0.717) is 46.4 Å². The molecule has 4 aromatic heterocycles. The summed E-state index contributed by atoms with van der Waals surface area (Å²) in [4.78, 5) is 35.5. The van der Waals surface area contributed by atoms with Crippen LogP contribution in [0, 0.1) is 11.6 Å². The third-order valence-electron chi connectivity index (χ3n) is 10.6. The first-order valence-electron chi connectivity index (χ1n) is 20.4. The second-order valence-electron chi connectivity index (χ2n) is 15.0. The van der Waals surface area contributed by atoms with Gasteiger partial charge in [0.2, 0.25) is 27.3 Å². The Morgan fingerprint density at radius 1 is 1.03 bits per heavy atom. The maximum atomic E-state index is 16.2. The maximum absolute atomic E-state index is 16.2. The van der Waals surface area contributed by atoms with Gasteiger partial charge in [0.15, 0.2) is 17.4 Å². The van der Waals surface area contributed by atoms with Gasteiger partial charge in [-0.05, 0) is 93.2 Å². The normalized spacial score (nSPS) is 16.3. The average Bonchev–Trinajstić information content (AvgIpc) is 4.02. The van der Waals surface area contributed by atoms with Crippen molar-refractivity contribution < 1.29 is 34.3 Å². The van der Waals surface area contributed by atoms with Gasteiger partial charge in [0, 0.05) is 46.4 Å². The fourth-order valence-electron chi connectivity index (χ4n) is 7.66. The summed E-state index contributed by atoms with van der Waals surface area (Å²) >= 11 is 0. The lowest BCUT2D eigenvalue weighted by atomic mass is 9.88. The Balaban J connectivity index is 0.898. The van der Waals surface area contributed by atoms with E-state index in [0.717, 1.165) is 6.07 Å². The van der Waals surface area contributed by atoms with Crippen LogP contribution in [0.25, 0.3) is 27.8 Å². The summed E-state index contributed by atoms with van der Waals surface area (Å²) in [6.07, 6.45) is 5.34. The van der Waals surface area contributed by atoms with E-state index in [2.05, 4.69) is 41.0 Å². The monoisotopic (exact) mass is 852 g/mol. The number of nitrogens with one attached hydrogen (secondary N) is 3. The lowest BCUT2D eigenvalue weighted by Gasteiger charge is -2.32. The van der Waals surface area contributed by atoms with Crippen molar-refractivity contribution in [2.45, 2.75) is 61.4 Å². The van der Waals surface area contributed by atoms with Crippen LogP contribution < -0.4 is 20.3 Å². The number of imide groups is 1. The molecule has 2 fully saturated rings. The highest BCUT2D eigenvalue weighted by Gasteiger charge is 2.31. The van der Waals surface area contributed by atoms with Gasteiger partial charge < -0.3 is 10.1 Å². The first-order valence-corrected chi connectivity index (χ1v) is 20.9. The highest BCUT2D eigenvalue weighted by Crippen LogP contribution is 2.37. The fraction of sp³-hybridized carbons (Fsp3) is 0.293. The number of carbonyl (C=O) groups excluding carboxylic acids is 2. The number of rotatable bonds is 11. The number of carbonyl (C=O) groups is 2. The van der Waals surface area contributed by atoms with Crippen molar-refractivity contribution in [1.82, 2.24) is 49.8 Å². The van der Waals surface area contributed by atoms with Crippen molar-refractivity contribution in [3.05, 3.63) is 96.1 Å². The van der Waals surface area contributed by atoms with Crippen molar-refractivity contribution in [2.24, 2.45) is 7.05 Å². The van der Waals surface area contributed by atoms with Crippen molar-refractivity contribution >= 4 is 55.8 Å². The summed E-state index contributed by atoms with van der Waals surface area (Å²) in [6.45, 7) is 2.17. The Kier molecular flexibility index (Phi) is 9.56. The Morgan fingerprint density at radius 3 is 2.57 bits per heavy atom. The second kappa shape index (κ2) is 15.7. The predicted molar refractivity (Wildman–Crippen MR) is 219 cm³/mol. The highest BCUT2D eigenvalue weighted by atomic mass is 32.2. The summed E-state index contributed by atoms with van der Waals surface area (Å²) in [5, 5.41) is 21.0. The molecular formula is C41H40F2N12O5S. The molecule has 2 aliphatic heterocycles. The zero-order valence-corrected chi connectivity index (χ0v) is 33.9. The van der Waals surface area contributed by atoms with Crippen LogP contribution in [0.5, 0.6) is 5.75 Å². The van der Waals surface area contributed by atoms with Gasteiger partial charge in [0.1, 0.15) is 23.4 Å². The van der Waals surface area contributed by atoms with Crippen molar-refractivity contribution in [3.63, 3.8) is 0 Å². The van der Waals surface area contributed by atoms with Gasteiger partial charge in [-0.1, -0.05) is 18.2 Å². The number of hydrogen-bond acceptors (Lipinski definition) is 12. The van der Waals surface area contributed by atoms with Crippen LogP contribution in [-0.2, 0) is 28.2 Å². The van der Waals surface area contributed by atoms with E-state index in [1.54, 1.807) is 36.5 Å². The molecule has 314 valence electrons. The molecule has 0 atom stereocenters. The Morgan fingerprint density at radius 2 is 1.84 bits per heavy atom. The first-order chi connectivity index (χ1) is 30.1. The number of amides is 3. The minimum atomic E-state index is -4.32. The minimum Gasteiger partial charge on any atom is -0.485 e. The van der Waals surface area contributed by atoms with Crippen LogP contribution in [0.15, 0.2) is 83.1 Å². The van der Waals surface area contributed by atoms with E-state index in [1.165, 1.54) is 56.8 Å². The average molecular weight is 853 g/mol. The van der Waals surface area contributed by atoms with Crippen LogP contribution in [0.3, 0.4) is 0 Å². The van der Waals surface area contributed by atoms with Crippen LogP contribution in [0.2, 0.25) is 0 Å². The highest BCUT2D eigenvalue weighted by molar-refractivity contribution is 7.91. The Bertz CT molecular complexity index is 3040. The molecule has 7 aromatic rings. The number of piperidine rings is 1. The zero-order chi connectivity index (χ0) is 44.4. The number of likely N-dealkylation sites (tertiary alicyclic amines) is 1. The number of aromatic amines is 1. The van der Waals surface area contributed by atoms with Gasteiger partial charge in [-0.2, -0.15) is 19.7 Å². The van der Waals surface area contributed by atoms with E-state index in [9.17, 15) is 18.0 Å². The quantitative estimate of drug-likeness (QED) is 0.140. The topological polar surface area (TPSA) is 198 Å². The predicted octanol–water partition coefficient (Wildman–Crippen LogP) is 5.87. The number of H-pyrrole nitrogens is 1. The van der Waals surface area contributed by atoms with Gasteiger partial charge in [-0.15, -0.1) is 5.10 Å². The SMILES string of the molecule is [2H]C([2H])(c1cccc(S(=O)(=O)c2ccc(Nc3nc4c(OC(C)C)c(-c5cn[nH]c5)ncn4n3)c(F)c2)c1)N1CCC(c2ccc3c(N4CCC(=O)NC4=O)nn(C)c3c2F)CC1. The van der Waals surface area contributed by atoms with E-state index in [1.807, 2.05) is 13.8 Å². The van der Waals surface area contributed by atoms with Crippen LogP contribution in [-0.4, -0.2) is 90.6 Å². The van der Waals surface area contributed by atoms with Gasteiger partial charge in [-0.3, -0.25) is 29.7 Å². The van der Waals surface area contributed by atoms with Gasteiger partial charge in [0.05, 0.1) is 27.8 Å². The molecule has 20 heteroatoms. The smallest absolute Gasteiger partial charge is 0.329 e. The Labute approximate surface area is 350 Å². The molecule has 9 rings (SSSR count). The third-order valence-corrected chi connectivity index (χ3v) is 12.3. The molecule has 17 nitrogen and oxygen atoms in total. The number of aryl methyl sites for hydroxylation is 1. The van der Waals surface area contributed by atoms with Crippen molar-refractivity contribution in [2.75, 3.05) is 29.9 Å². The molecule has 0 spiro atoms. The van der Waals surface area contributed by atoms with Crippen molar-refractivity contribution in [1.29, 1.82) is 0 Å². The molecule has 3 aromatic carbocycles. The number of fused-ring (bicyclic) bond motifs is 2. The number of anilines is 3. The number of halogens is 2. The molecule has 0 radical (unpaired) electrons. The second-order valence-corrected chi connectivity index (χ2v) is 17.0. The largest absolute Gasteiger partial charge is 0.485 e. The van der Waals surface area contributed by atoms with Crippen LogP contribution in [0.4, 0.5) is 31.0 Å². The molecule has 2 aliphatic rings. The fourth-order valence-corrected chi connectivity index (χ4v) is 8.98. The maximum Gasteiger partial charge on any atom is 0.329 e. The van der Waals surface area contributed by atoms with E-state index in [4.69, 9.17) is 7.48 Å². The molecule has 2 saturated heterocycles. The number of benzene rings is 3. The zero-order valence-electron chi connectivity index (χ0n) is 35.1. The molecule has 3 N–H and O–H groups in total. The molecular weight excluding hydrogens is 811 g/mol. The van der Waals surface area contributed by atoms with Gasteiger partial charge >= 0.3 is 6.03 Å². The number of ether oxygens (including phenoxy) is 1. The molecule has 0 bridgehead atoms. The number of urea groups is 1. The summed E-state index contributed by atoms with van der Waals surface area (Å²) < 4.78 is 86.7. The molecule has 0 saturated carbocycles. The number of sulfone groups is 1. The van der Waals surface area contributed by atoms with E-state index < -0.39 is 39.9 Å². The molecule has 61 heavy (non-hydrogen) atoms. The van der Waals surface area contributed by atoms with E-state index >= 15 is 8.78 Å². The summed E-state index contributed by atoms with van der Waals surface area (Å²) in [5.74, 6) is -1.45. The Hall–Kier alpha value is -6.80. The standard InChI is InChI=1S/C41H40F2N12O5S/c1-23(2)60-37-35(26-19-45-46-20-26)44-22-55-39(37)49-40(51-55)47-32-10-7-28(18-31(32)42)61(58,59)27-6-4-5-24(17-27)21-53-14-11-25(12-15-53)29-8-9-30-36(34(29)43)52(3)50-38(30)54-16-13-33(56)48-41(54)57/h4-10,17-20,22-23,25H,11-16,21H2,1-3H3,(H,45,46)(H,47,51)(H,48,56,57)/i21D2. The summed E-state index contributed by atoms with van der Waals surface area (Å²) in [5.41, 5.74) is 2.08. The summed E-state index contributed by atoms with van der Waals surface area (Å²) in [6, 6.07) is 11.6. The number of nitrogens with zero attached hydrogens (tertiary/aromatic N) is 9. The third kappa shape index (κ3) is 7.52. The van der Waals surface area contributed by atoms with E-state index in [-0.39, 0.29) is 76.4 Å². The first kappa shape index (κ1) is 37.2. The molecule has 6 heterocycles. The molecule has 3 amide bonds. The number of hydrogen-bond donors (Lipinski definition) is 3. The van der Waals surface area contributed by atoms with Crippen LogP contribution in [0.1, 0.15) is 52.9 Å². The minimum absolute atomic E-state index is 0.00169. The lowest BCUT2D eigenvalue weighted by Crippen LogP contribution is -2.49. The van der Waals surface area contributed by atoms with Crippen molar-refractivity contribution in [3.8, 4) is 17.0 Å². The summed E-state index contributed by atoms with van der Waals surface area (Å²) in [7, 11) is -2.74. The van der Waals surface area contributed by atoms with Gasteiger partial charge in [-0.25, -0.2) is 27.0 Å². The lowest BCUT2D eigenvalue weighted by molar-refractivity contribution is -0.120. The van der Waals surface area contributed by atoms with Gasteiger partial charge in [0.25, 0.3) is 0 Å². The van der Waals surface area contributed by atoms with Crippen LogP contribution >= 0.6 is 0 Å². The molecule has 0 aliphatic carbocycles. The number of aromatic nitrogens is 8.